The number of anilines is 1. The van der Waals surface area contributed by atoms with Gasteiger partial charge in [-0.2, -0.15) is 5.10 Å². The van der Waals surface area contributed by atoms with Crippen molar-refractivity contribution in [2.75, 3.05) is 18.0 Å². The van der Waals surface area contributed by atoms with Crippen LogP contribution in [0.3, 0.4) is 0 Å². The minimum atomic E-state index is -0.659. The molecule has 1 aliphatic heterocycles. The molecule has 1 amide bonds. The summed E-state index contributed by atoms with van der Waals surface area (Å²) in [6, 6.07) is 4.68. The first-order valence-corrected chi connectivity index (χ1v) is 7.95. The summed E-state index contributed by atoms with van der Waals surface area (Å²) in [5, 5.41) is 19.6. The van der Waals surface area contributed by atoms with Crippen molar-refractivity contribution in [3.8, 4) is 0 Å². The summed E-state index contributed by atoms with van der Waals surface area (Å²) in [7, 11) is 0. The van der Waals surface area contributed by atoms with Crippen LogP contribution in [0, 0.1) is 22.9 Å². The highest BCUT2D eigenvalue weighted by atomic mass is 19.1. The van der Waals surface area contributed by atoms with E-state index in [-0.39, 0.29) is 23.2 Å². The van der Waals surface area contributed by atoms with Crippen LogP contribution >= 0.6 is 0 Å². The van der Waals surface area contributed by atoms with Crippen molar-refractivity contribution in [2.24, 2.45) is 0 Å². The molecule has 1 aromatic heterocycles. The minimum Gasteiger partial charge on any atom is -0.367 e. The summed E-state index contributed by atoms with van der Waals surface area (Å²) >= 11 is 0. The third kappa shape index (κ3) is 3.59. The first-order chi connectivity index (χ1) is 12.0. The number of nitrogens with zero attached hydrogens (tertiary/aromatic N) is 3. The molecule has 0 aliphatic carbocycles. The average molecular weight is 347 g/mol. The van der Waals surface area contributed by atoms with Crippen molar-refractivity contribution in [1.82, 2.24) is 15.5 Å². The molecule has 1 atom stereocenters. The molecule has 9 heteroatoms. The Kier molecular flexibility index (Phi) is 4.64. The maximum absolute atomic E-state index is 14.1. The third-order valence-corrected chi connectivity index (χ3v) is 4.24. The summed E-state index contributed by atoms with van der Waals surface area (Å²) in [6.07, 6.45) is 2.51. The quantitative estimate of drug-likeness (QED) is 0.651. The lowest BCUT2D eigenvalue weighted by molar-refractivity contribution is -0.385. The van der Waals surface area contributed by atoms with Gasteiger partial charge in [-0.15, -0.1) is 0 Å². The molecule has 25 heavy (non-hydrogen) atoms. The number of rotatable bonds is 4. The van der Waals surface area contributed by atoms with Crippen molar-refractivity contribution < 1.29 is 14.1 Å². The van der Waals surface area contributed by atoms with E-state index in [4.69, 9.17) is 0 Å². The molecule has 132 valence electrons. The monoisotopic (exact) mass is 347 g/mol. The van der Waals surface area contributed by atoms with E-state index in [1.54, 1.807) is 12.1 Å². The highest BCUT2D eigenvalue weighted by Crippen LogP contribution is 2.25. The fourth-order valence-electron chi connectivity index (χ4n) is 3.02. The number of piperidine rings is 1. The molecule has 2 aromatic rings. The second-order valence-electron chi connectivity index (χ2n) is 6.10. The first kappa shape index (κ1) is 16.9. The van der Waals surface area contributed by atoms with Crippen LogP contribution in [-0.2, 0) is 0 Å². The lowest BCUT2D eigenvalue weighted by Gasteiger charge is -2.35. The number of aromatic amines is 1. The fraction of sp³-hybridized carbons (Fsp3) is 0.375. The molecular formula is C16H18FN5O3. The van der Waals surface area contributed by atoms with Crippen molar-refractivity contribution in [3.63, 3.8) is 0 Å². The molecule has 0 bridgehead atoms. The molecule has 1 saturated heterocycles. The fourth-order valence-corrected chi connectivity index (χ4v) is 3.02. The average Bonchev–Trinajstić information content (AvgIpc) is 3.07. The second kappa shape index (κ2) is 6.88. The molecule has 1 aliphatic rings. The Morgan fingerprint density at radius 3 is 3.08 bits per heavy atom. The maximum atomic E-state index is 14.1. The van der Waals surface area contributed by atoms with Gasteiger partial charge in [0.2, 0.25) is 5.69 Å². The Balaban J connectivity index is 1.71. The van der Waals surface area contributed by atoms with Crippen LogP contribution in [0.15, 0.2) is 24.4 Å². The zero-order valence-corrected chi connectivity index (χ0v) is 13.7. The minimum absolute atomic E-state index is 0.177. The summed E-state index contributed by atoms with van der Waals surface area (Å²) in [5.41, 5.74) is 0.917. The molecule has 0 unspecified atom stereocenters. The maximum Gasteiger partial charge on any atom is 0.319 e. The number of aryl methyl sites for hydroxylation is 1. The molecule has 1 aromatic carbocycles. The molecular weight excluding hydrogens is 329 g/mol. The van der Waals surface area contributed by atoms with Crippen molar-refractivity contribution in [3.05, 3.63) is 51.6 Å². The first-order valence-electron chi connectivity index (χ1n) is 7.95. The van der Waals surface area contributed by atoms with Crippen molar-refractivity contribution >= 4 is 17.3 Å². The van der Waals surface area contributed by atoms with Crippen molar-refractivity contribution in [1.29, 1.82) is 0 Å². The smallest absolute Gasteiger partial charge is 0.319 e. The van der Waals surface area contributed by atoms with Gasteiger partial charge in [0.15, 0.2) is 0 Å². The molecule has 1 fully saturated rings. The summed E-state index contributed by atoms with van der Waals surface area (Å²) < 4.78 is 14.1. The van der Waals surface area contributed by atoms with E-state index < -0.39 is 10.8 Å². The van der Waals surface area contributed by atoms with Gasteiger partial charge >= 0.3 is 5.69 Å². The van der Waals surface area contributed by atoms with E-state index in [0.29, 0.717) is 18.8 Å². The normalized spacial score (nSPS) is 17.4. The van der Waals surface area contributed by atoms with Gasteiger partial charge < -0.3 is 10.2 Å². The zero-order valence-electron chi connectivity index (χ0n) is 13.7. The van der Waals surface area contributed by atoms with E-state index >= 15 is 0 Å². The SMILES string of the molecule is Cc1ccc(F)c(N2CCC[C@H](NC(=O)c3[nH]ncc3[N+](=O)[O-])C2)c1. The van der Waals surface area contributed by atoms with Crippen molar-refractivity contribution in [2.45, 2.75) is 25.8 Å². The van der Waals surface area contributed by atoms with Crippen LogP contribution in [0.1, 0.15) is 28.9 Å². The molecule has 0 saturated carbocycles. The van der Waals surface area contributed by atoms with Crippen LogP contribution in [0.5, 0.6) is 0 Å². The van der Waals surface area contributed by atoms with Crippen LogP contribution < -0.4 is 10.2 Å². The lowest BCUT2D eigenvalue weighted by Crippen LogP contribution is -2.48. The van der Waals surface area contributed by atoms with Gasteiger partial charge in [0.05, 0.1) is 10.6 Å². The van der Waals surface area contributed by atoms with Crippen LogP contribution in [0.4, 0.5) is 15.8 Å². The van der Waals surface area contributed by atoms with Gasteiger partial charge in [-0.3, -0.25) is 20.0 Å². The zero-order chi connectivity index (χ0) is 18.0. The highest BCUT2D eigenvalue weighted by Gasteiger charge is 2.28. The van der Waals surface area contributed by atoms with Gasteiger partial charge in [-0.1, -0.05) is 6.07 Å². The van der Waals surface area contributed by atoms with Gasteiger partial charge in [0.1, 0.15) is 12.0 Å². The van der Waals surface area contributed by atoms with Gasteiger partial charge in [0.25, 0.3) is 5.91 Å². The summed E-state index contributed by atoms with van der Waals surface area (Å²) in [6.45, 7) is 3.02. The van der Waals surface area contributed by atoms with Crippen LogP contribution in [0.2, 0.25) is 0 Å². The largest absolute Gasteiger partial charge is 0.367 e. The number of aromatic nitrogens is 2. The van der Waals surface area contributed by atoms with Crippen LogP contribution in [0.25, 0.3) is 0 Å². The highest BCUT2D eigenvalue weighted by molar-refractivity contribution is 5.96. The third-order valence-electron chi connectivity index (χ3n) is 4.24. The Morgan fingerprint density at radius 1 is 1.52 bits per heavy atom. The van der Waals surface area contributed by atoms with Gasteiger partial charge in [-0.25, -0.2) is 4.39 Å². The number of nitro groups is 1. The molecule has 0 radical (unpaired) electrons. The number of nitrogens with one attached hydrogen (secondary N) is 2. The van der Waals surface area contributed by atoms with E-state index in [2.05, 4.69) is 15.5 Å². The number of halogens is 1. The number of carbonyl (C=O) groups excluding carboxylic acids is 1. The predicted octanol–water partition coefficient (Wildman–Crippen LogP) is 2.16. The van der Waals surface area contributed by atoms with E-state index in [0.717, 1.165) is 24.6 Å². The van der Waals surface area contributed by atoms with Gasteiger partial charge in [0, 0.05) is 19.1 Å². The van der Waals surface area contributed by atoms with E-state index in [1.807, 2.05) is 11.8 Å². The van der Waals surface area contributed by atoms with Crippen LogP contribution in [-0.4, -0.2) is 40.2 Å². The summed E-state index contributed by atoms with van der Waals surface area (Å²) in [5.74, 6) is -0.887. The number of benzene rings is 1. The van der Waals surface area contributed by atoms with E-state index in [1.165, 1.54) is 6.07 Å². The molecule has 8 nitrogen and oxygen atoms in total. The number of amides is 1. The molecule has 0 spiro atoms. The molecule has 2 N–H and O–H groups in total. The number of H-pyrrole nitrogens is 1. The molecule has 2 heterocycles. The Morgan fingerprint density at radius 2 is 2.32 bits per heavy atom. The second-order valence-corrected chi connectivity index (χ2v) is 6.10. The van der Waals surface area contributed by atoms with E-state index in [9.17, 15) is 19.3 Å². The Labute approximate surface area is 143 Å². The number of carbonyl (C=O) groups is 1. The predicted molar refractivity (Wildman–Crippen MR) is 89.1 cm³/mol. The number of hydrogen-bond donors (Lipinski definition) is 2. The summed E-state index contributed by atoms with van der Waals surface area (Å²) in [4.78, 5) is 24.4. The Bertz CT molecular complexity index is 807. The standard InChI is InChI=1S/C16H18FN5O3/c1-10-4-5-12(17)13(7-10)21-6-2-3-11(9-21)19-16(23)15-14(22(24)25)8-18-20-15/h4-5,7-8,11H,2-3,6,9H2,1H3,(H,18,20)(H,19,23)/t11-/m0/s1. The topological polar surface area (TPSA) is 104 Å². The molecule has 3 rings (SSSR count). The number of hydrogen-bond acceptors (Lipinski definition) is 5. The van der Waals surface area contributed by atoms with Gasteiger partial charge in [-0.05, 0) is 37.5 Å². The lowest BCUT2D eigenvalue weighted by atomic mass is 10.0. The Hall–Kier alpha value is -2.97.